The van der Waals surface area contributed by atoms with Crippen molar-refractivity contribution in [3.8, 4) is 0 Å². The molecular formula is C12H21N5O. The molecule has 1 heterocycles. The van der Waals surface area contributed by atoms with E-state index in [1.165, 1.54) is 12.7 Å². The summed E-state index contributed by atoms with van der Waals surface area (Å²) >= 11 is 0. The fraction of sp³-hybridized carbons (Fsp3) is 0.750. The Bertz CT molecular complexity index is 391. The van der Waals surface area contributed by atoms with Crippen LogP contribution in [-0.4, -0.2) is 33.2 Å². The summed E-state index contributed by atoms with van der Waals surface area (Å²) in [6, 6.07) is 0. The van der Waals surface area contributed by atoms with Crippen molar-refractivity contribution in [2.45, 2.75) is 44.6 Å². The highest BCUT2D eigenvalue weighted by Gasteiger charge is 2.37. The molecule has 0 aliphatic heterocycles. The third kappa shape index (κ3) is 3.07. The zero-order chi connectivity index (χ0) is 13.0. The molecular weight excluding hydrogens is 230 g/mol. The highest BCUT2D eigenvalue weighted by molar-refractivity contribution is 5.86. The number of nitrogens with two attached hydrogens (primary N) is 1. The molecule has 1 aromatic rings. The van der Waals surface area contributed by atoms with Gasteiger partial charge in [0.1, 0.15) is 12.2 Å². The summed E-state index contributed by atoms with van der Waals surface area (Å²) in [5, 5.41) is 9.42. The maximum Gasteiger partial charge on any atom is 0.240 e. The van der Waals surface area contributed by atoms with Gasteiger partial charge in [0.2, 0.25) is 5.91 Å². The lowest BCUT2D eigenvalue weighted by molar-refractivity contribution is -0.128. The van der Waals surface area contributed by atoms with Gasteiger partial charge in [0, 0.05) is 13.0 Å². The number of H-pyrrole nitrogens is 1. The molecule has 6 nitrogen and oxygen atoms in total. The lowest BCUT2D eigenvalue weighted by atomic mass is 9.76. The molecule has 18 heavy (non-hydrogen) atoms. The molecule has 0 saturated heterocycles. The number of aromatic amines is 1. The highest BCUT2D eigenvalue weighted by Crippen LogP contribution is 2.30. The summed E-state index contributed by atoms with van der Waals surface area (Å²) in [4.78, 5) is 16.1. The Kier molecular flexibility index (Phi) is 3.96. The number of rotatable bonds is 4. The molecule has 0 aromatic carbocycles. The van der Waals surface area contributed by atoms with Gasteiger partial charge < -0.3 is 11.1 Å². The molecule has 1 aliphatic rings. The molecule has 0 spiro atoms. The Morgan fingerprint density at radius 2 is 2.56 bits per heavy atom. The molecule has 100 valence electrons. The number of carbonyl (C=O) groups excluding carboxylic acids is 1. The second-order valence-corrected chi connectivity index (χ2v) is 5.30. The van der Waals surface area contributed by atoms with E-state index >= 15 is 0 Å². The van der Waals surface area contributed by atoms with Crippen LogP contribution in [0.1, 0.15) is 38.4 Å². The van der Waals surface area contributed by atoms with Crippen LogP contribution < -0.4 is 11.1 Å². The van der Waals surface area contributed by atoms with Crippen LogP contribution in [-0.2, 0) is 11.2 Å². The average molecular weight is 251 g/mol. The number of nitrogens with one attached hydrogen (secondary N) is 2. The van der Waals surface area contributed by atoms with Crippen molar-refractivity contribution < 1.29 is 4.79 Å². The number of carbonyl (C=O) groups is 1. The number of amides is 1. The van der Waals surface area contributed by atoms with Gasteiger partial charge in [0.25, 0.3) is 0 Å². The van der Waals surface area contributed by atoms with E-state index in [4.69, 9.17) is 5.73 Å². The van der Waals surface area contributed by atoms with E-state index in [2.05, 4.69) is 27.4 Å². The molecule has 2 unspecified atom stereocenters. The van der Waals surface area contributed by atoms with E-state index in [0.29, 0.717) is 18.9 Å². The SMILES string of the molecule is CC1CCCC(N)(C(=O)NCCc2ncn[nH]2)C1. The van der Waals surface area contributed by atoms with E-state index < -0.39 is 5.54 Å². The molecule has 2 atom stereocenters. The lowest BCUT2D eigenvalue weighted by Crippen LogP contribution is -2.56. The summed E-state index contributed by atoms with van der Waals surface area (Å²) in [5.74, 6) is 1.27. The Morgan fingerprint density at radius 3 is 3.22 bits per heavy atom. The van der Waals surface area contributed by atoms with Gasteiger partial charge in [0.15, 0.2) is 0 Å². The first kappa shape index (κ1) is 13.0. The van der Waals surface area contributed by atoms with E-state index in [0.717, 1.165) is 25.1 Å². The number of hydrogen-bond donors (Lipinski definition) is 3. The molecule has 0 bridgehead atoms. The first-order valence-electron chi connectivity index (χ1n) is 6.51. The third-order valence-corrected chi connectivity index (χ3v) is 3.60. The van der Waals surface area contributed by atoms with Crippen molar-refractivity contribution in [1.82, 2.24) is 20.5 Å². The predicted octanol–water partition coefficient (Wildman–Crippen LogP) is 0.371. The largest absolute Gasteiger partial charge is 0.354 e. The number of aromatic nitrogens is 3. The van der Waals surface area contributed by atoms with E-state index in [-0.39, 0.29) is 5.91 Å². The minimum Gasteiger partial charge on any atom is -0.354 e. The van der Waals surface area contributed by atoms with Crippen LogP contribution >= 0.6 is 0 Å². The summed E-state index contributed by atoms with van der Waals surface area (Å²) < 4.78 is 0. The minimum absolute atomic E-state index is 0.0337. The number of hydrogen-bond acceptors (Lipinski definition) is 4. The van der Waals surface area contributed by atoms with Crippen LogP contribution in [0.2, 0.25) is 0 Å². The van der Waals surface area contributed by atoms with Gasteiger partial charge in [-0.15, -0.1) is 0 Å². The predicted molar refractivity (Wildman–Crippen MR) is 67.6 cm³/mol. The standard InChI is InChI=1S/C12H21N5O/c1-9-3-2-5-12(13,7-9)11(18)14-6-4-10-15-8-16-17-10/h8-9H,2-7,13H2,1H3,(H,14,18)(H,15,16,17). The van der Waals surface area contributed by atoms with E-state index in [1.807, 2.05) is 0 Å². The quantitative estimate of drug-likeness (QED) is 0.720. The third-order valence-electron chi connectivity index (χ3n) is 3.60. The van der Waals surface area contributed by atoms with Crippen LogP contribution in [0.25, 0.3) is 0 Å². The van der Waals surface area contributed by atoms with Gasteiger partial charge in [-0.2, -0.15) is 5.10 Å². The van der Waals surface area contributed by atoms with Crippen molar-refractivity contribution in [2.75, 3.05) is 6.54 Å². The molecule has 2 rings (SSSR count). The zero-order valence-corrected chi connectivity index (χ0v) is 10.8. The second kappa shape index (κ2) is 5.48. The summed E-state index contributed by atoms with van der Waals surface area (Å²) in [7, 11) is 0. The maximum absolute atomic E-state index is 12.1. The molecule has 1 aliphatic carbocycles. The lowest BCUT2D eigenvalue weighted by Gasteiger charge is -2.35. The monoisotopic (exact) mass is 251 g/mol. The van der Waals surface area contributed by atoms with Gasteiger partial charge >= 0.3 is 0 Å². The average Bonchev–Trinajstić information content (AvgIpc) is 2.81. The van der Waals surface area contributed by atoms with Gasteiger partial charge in [0.05, 0.1) is 5.54 Å². The van der Waals surface area contributed by atoms with Crippen LogP contribution in [0.3, 0.4) is 0 Å². The molecule has 0 radical (unpaired) electrons. The Hall–Kier alpha value is -1.43. The van der Waals surface area contributed by atoms with Gasteiger partial charge in [-0.3, -0.25) is 9.89 Å². The van der Waals surface area contributed by atoms with Gasteiger partial charge in [-0.25, -0.2) is 4.98 Å². The summed E-state index contributed by atoms with van der Waals surface area (Å²) in [6.07, 6.45) is 5.88. The van der Waals surface area contributed by atoms with Crippen molar-refractivity contribution in [2.24, 2.45) is 11.7 Å². The second-order valence-electron chi connectivity index (χ2n) is 5.30. The molecule has 1 amide bonds. The van der Waals surface area contributed by atoms with Crippen molar-refractivity contribution in [1.29, 1.82) is 0 Å². The Balaban J connectivity index is 1.80. The Morgan fingerprint density at radius 1 is 1.72 bits per heavy atom. The zero-order valence-electron chi connectivity index (χ0n) is 10.8. The van der Waals surface area contributed by atoms with Crippen LogP contribution in [0.15, 0.2) is 6.33 Å². The van der Waals surface area contributed by atoms with Crippen LogP contribution in [0, 0.1) is 5.92 Å². The summed E-state index contributed by atoms with van der Waals surface area (Å²) in [5.41, 5.74) is 5.52. The minimum atomic E-state index is -0.681. The van der Waals surface area contributed by atoms with Crippen LogP contribution in [0.5, 0.6) is 0 Å². The van der Waals surface area contributed by atoms with E-state index in [1.54, 1.807) is 0 Å². The molecule has 1 aromatic heterocycles. The highest BCUT2D eigenvalue weighted by atomic mass is 16.2. The van der Waals surface area contributed by atoms with Crippen molar-refractivity contribution >= 4 is 5.91 Å². The number of nitrogens with zero attached hydrogens (tertiary/aromatic N) is 2. The van der Waals surface area contributed by atoms with Gasteiger partial charge in [-0.1, -0.05) is 19.8 Å². The fourth-order valence-corrected chi connectivity index (χ4v) is 2.62. The molecule has 6 heteroatoms. The first-order chi connectivity index (χ1) is 8.60. The molecule has 1 fully saturated rings. The van der Waals surface area contributed by atoms with Crippen molar-refractivity contribution in [3.63, 3.8) is 0 Å². The fourth-order valence-electron chi connectivity index (χ4n) is 2.62. The smallest absolute Gasteiger partial charge is 0.240 e. The normalized spacial score (nSPS) is 28.0. The van der Waals surface area contributed by atoms with Crippen LogP contribution in [0.4, 0.5) is 0 Å². The molecule has 4 N–H and O–H groups in total. The van der Waals surface area contributed by atoms with E-state index in [9.17, 15) is 4.79 Å². The van der Waals surface area contributed by atoms with Crippen molar-refractivity contribution in [3.05, 3.63) is 12.2 Å². The van der Waals surface area contributed by atoms with Gasteiger partial charge in [-0.05, 0) is 18.8 Å². The Labute approximate surface area is 107 Å². The molecule has 1 saturated carbocycles. The summed E-state index contributed by atoms with van der Waals surface area (Å²) in [6.45, 7) is 2.70. The first-order valence-corrected chi connectivity index (χ1v) is 6.51. The maximum atomic E-state index is 12.1. The topological polar surface area (TPSA) is 96.7 Å².